The molecule has 0 aromatic heterocycles. The lowest BCUT2D eigenvalue weighted by Crippen LogP contribution is -2.04. The summed E-state index contributed by atoms with van der Waals surface area (Å²) in [6, 6.07) is 3.49. The number of methoxy groups -OCH3 is 2. The van der Waals surface area contributed by atoms with Crippen molar-refractivity contribution in [2.45, 2.75) is 13.8 Å². The predicted octanol–water partition coefficient (Wildman–Crippen LogP) is 3.32. The fourth-order valence-corrected chi connectivity index (χ4v) is 1.84. The minimum absolute atomic E-state index is 0.337. The van der Waals surface area contributed by atoms with Crippen molar-refractivity contribution in [3.63, 3.8) is 0 Å². The number of hydrogen-bond donors (Lipinski definition) is 0. The standard InChI is InChI=1S/C14H17ClO4/c1-5-19-14(16)9(2)8-10-6-7-11(17-3)13(18-4)12(10)15/h6-8H,5H2,1-4H3/b9-8+. The molecule has 0 bridgehead atoms. The maximum atomic E-state index is 11.5. The van der Waals surface area contributed by atoms with Gasteiger partial charge in [-0.1, -0.05) is 11.6 Å². The molecule has 0 aliphatic heterocycles. The number of rotatable bonds is 5. The van der Waals surface area contributed by atoms with Crippen LogP contribution in [0.25, 0.3) is 6.08 Å². The zero-order chi connectivity index (χ0) is 14.4. The Bertz CT molecular complexity index is 494. The molecule has 1 aromatic rings. The molecule has 0 aliphatic rings. The Labute approximate surface area is 117 Å². The van der Waals surface area contributed by atoms with Gasteiger partial charge in [0.2, 0.25) is 0 Å². The lowest BCUT2D eigenvalue weighted by atomic mass is 10.1. The van der Waals surface area contributed by atoms with E-state index in [-0.39, 0.29) is 5.97 Å². The van der Waals surface area contributed by atoms with Crippen LogP contribution < -0.4 is 9.47 Å². The Morgan fingerprint density at radius 2 is 2.00 bits per heavy atom. The van der Waals surface area contributed by atoms with E-state index in [9.17, 15) is 4.79 Å². The maximum Gasteiger partial charge on any atom is 0.333 e. The van der Waals surface area contributed by atoms with Gasteiger partial charge >= 0.3 is 5.97 Å². The summed E-state index contributed by atoms with van der Waals surface area (Å²) in [7, 11) is 3.04. The summed E-state index contributed by atoms with van der Waals surface area (Å²) in [4.78, 5) is 11.5. The van der Waals surface area contributed by atoms with Gasteiger partial charge in [-0.15, -0.1) is 0 Å². The number of carbonyl (C=O) groups is 1. The second-order valence-corrected chi connectivity index (χ2v) is 4.13. The molecule has 0 radical (unpaired) electrons. The first-order chi connectivity index (χ1) is 9.04. The van der Waals surface area contributed by atoms with Crippen LogP contribution in [-0.2, 0) is 9.53 Å². The second kappa shape index (κ2) is 7.04. The topological polar surface area (TPSA) is 44.8 Å². The molecular formula is C14H17ClO4. The quantitative estimate of drug-likeness (QED) is 0.614. The molecule has 0 saturated carbocycles. The fraction of sp³-hybridized carbons (Fsp3) is 0.357. The molecular weight excluding hydrogens is 268 g/mol. The summed E-state index contributed by atoms with van der Waals surface area (Å²) < 4.78 is 15.2. The molecule has 0 unspecified atom stereocenters. The van der Waals surface area contributed by atoms with Gasteiger partial charge in [-0.25, -0.2) is 4.79 Å². The Morgan fingerprint density at radius 3 is 2.53 bits per heavy atom. The summed E-state index contributed by atoms with van der Waals surface area (Å²) >= 11 is 6.22. The van der Waals surface area contributed by atoms with Crippen molar-refractivity contribution in [3.8, 4) is 11.5 Å². The summed E-state index contributed by atoms with van der Waals surface area (Å²) in [6.07, 6.45) is 1.66. The van der Waals surface area contributed by atoms with E-state index in [1.54, 1.807) is 32.1 Å². The lowest BCUT2D eigenvalue weighted by molar-refractivity contribution is -0.138. The van der Waals surface area contributed by atoms with Crippen LogP contribution in [0.4, 0.5) is 0 Å². The Hall–Kier alpha value is -1.68. The van der Waals surface area contributed by atoms with Crippen LogP contribution in [0.3, 0.4) is 0 Å². The highest BCUT2D eigenvalue weighted by Crippen LogP contribution is 2.38. The molecule has 0 spiro atoms. The molecule has 5 heteroatoms. The Kier molecular flexibility index (Phi) is 5.70. The molecule has 0 atom stereocenters. The molecule has 19 heavy (non-hydrogen) atoms. The van der Waals surface area contributed by atoms with Crippen molar-refractivity contribution in [1.29, 1.82) is 0 Å². The van der Waals surface area contributed by atoms with Crippen LogP contribution in [0.2, 0.25) is 5.02 Å². The zero-order valence-electron chi connectivity index (χ0n) is 11.5. The van der Waals surface area contributed by atoms with Crippen LogP contribution in [0.5, 0.6) is 11.5 Å². The van der Waals surface area contributed by atoms with Crippen molar-refractivity contribution in [1.82, 2.24) is 0 Å². The third-order valence-corrected chi connectivity index (χ3v) is 2.87. The number of halogens is 1. The van der Waals surface area contributed by atoms with Crippen molar-refractivity contribution >= 4 is 23.6 Å². The summed E-state index contributed by atoms with van der Waals surface area (Å²) in [5.41, 5.74) is 1.14. The minimum atomic E-state index is -0.367. The van der Waals surface area contributed by atoms with Crippen LogP contribution in [0.1, 0.15) is 19.4 Å². The summed E-state index contributed by atoms with van der Waals surface area (Å²) in [6.45, 7) is 3.77. The van der Waals surface area contributed by atoms with Crippen molar-refractivity contribution in [2.24, 2.45) is 0 Å². The molecule has 104 valence electrons. The van der Waals surface area contributed by atoms with Gasteiger partial charge in [0.05, 0.1) is 25.8 Å². The summed E-state index contributed by atoms with van der Waals surface area (Å²) in [5.74, 6) is 0.612. The van der Waals surface area contributed by atoms with E-state index >= 15 is 0 Å². The molecule has 0 fully saturated rings. The van der Waals surface area contributed by atoms with Crippen LogP contribution in [0, 0.1) is 0 Å². The number of hydrogen-bond acceptors (Lipinski definition) is 4. The monoisotopic (exact) mass is 284 g/mol. The number of carbonyl (C=O) groups excluding carboxylic acids is 1. The lowest BCUT2D eigenvalue weighted by Gasteiger charge is -2.11. The third kappa shape index (κ3) is 3.64. The van der Waals surface area contributed by atoms with E-state index in [4.69, 9.17) is 25.8 Å². The van der Waals surface area contributed by atoms with Gasteiger partial charge in [-0.2, -0.15) is 0 Å². The molecule has 1 aromatic carbocycles. The van der Waals surface area contributed by atoms with E-state index in [2.05, 4.69) is 0 Å². The van der Waals surface area contributed by atoms with Gasteiger partial charge in [0.15, 0.2) is 11.5 Å². The SMILES string of the molecule is CCOC(=O)/C(C)=C/c1ccc(OC)c(OC)c1Cl. The largest absolute Gasteiger partial charge is 0.493 e. The smallest absolute Gasteiger partial charge is 0.333 e. The van der Waals surface area contributed by atoms with Crippen LogP contribution >= 0.6 is 11.6 Å². The molecule has 0 N–H and O–H groups in total. The molecule has 0 amide bonds. The first kappa shape index (κ1) is 15.4. The zero-order valence-corrected chi connectivity index (χ0v) is 12.2. The maximum absolute atomic E-state index is 11.5. The van der Waals surface area contributed by atoms with Gasteiger partial charge in [-0.05, 0) is 37.6 Å². The van der Waals surface area contributed by atoms with E-state index in [1.165, 1.54) is 14.2 Å². The van der Waals surface area contributed by atoms with E-state index in [0.717, 1.165) is 0 Å². The molecule has 0 aliphatic carbocycles. The number of ether oxygens (including phenoxy) is 3. The van der Waals surface area contributed by atoms with Gasteiger partial charge in [-0.3, -0.25) is 0 Å². The highest BCUT2D eigenvalue weighted by atomic mass is 35.5. The van der Waals surface area contributed by atoms with Crippen molar-refractivity contribution in [3.05, 3.63) is 28.3 Å². The van der Waals surface area contributed by atoms with Gasteiger partial charge in [0.1, 0.15) is 0 Å². The average molecular weight is 285 g/mol. The highest BCUT2D eigenvalue weighted by Gasteiger charge is 2.13. The van der Waals surface area contributed by atoms with Crippen molar-refractivity contribution in [2.75, 3.05) is 20.8 Å². The van der Waals surface area contributed by atoms with Crippen LogP contribution in [-0.4, -0.2) is 26.8 Å². The van der Waals surface area contributed by atoms with E-state index < -0.39 is 0 Å². The van der Waals surface area contributed by atoms with E-state index in [1.807, 2.05) is 0 Å². The van der Waals surface area contributed by atoms with Crippen molar-refractivity contribution < 1.29 is 19.0 Å². The highest BCUT2D eigenvalue weighted by molar-refractivity contribution is 6.34. The predicted molar refractivity (Wildman–Crippen MR) is 74.8 cm³/mol. The third-order valence-electron chi connectivity index (χ3n) is 2.48. The molecule has 0 saturated heterocycles. The Balaban J connectivity index is 3.15. The van der Waals surface area contributed by atoms with Gasteiger partial charge in [0, 0.05) is 5.57 Å². The average Bonchev–Trinajstić information content (AvgIpc) is 2.40. The van der Waals surface area contributed by atoms with Crippen LogP contribution in [0.15, 0.2) is 17.7 Å². The molecule has 0 heterocycles. The Morgan fingerprint density at radius 1 is 1.32 bits per heavy atom. The van der Waals surface area contributed by atoms with E-state index in [0.29, 0.717) is 34.3 Å². The van der Waals surface area contributed by atoms with Gasteiger partial charge in [0.25, 0.3) is 0 Å². The number of esters is 1. The summed E-state index contributed by atoms with van der Waals surface area (Å²) in [5, 5.41) is 0.394. The van der Waals surface area contributed by atoms with Gasteiger partial charge < -0.3 is 14.2 Å². The first-order valence-electron chi connectivity index (χ1n) is 5.81. The fourth-order valence-electron chi connectivity index (χ4n) is 1.55. The molecule has 1 rings (SSSR count). The number of benzene rings is 1. The minimum Gasteiger partial charge on any atom is -0.493 e. The normalized spacial score (nSPS) is 11.1. The first-order valence-corrected chi connectivity index (χ1v) is 6.18. The molecule has 4 nitrogen and oxygen atoms in total. The second-order valence-electron chi connectivity index (χ2n) is 3.75.